The van der Waals surface area contributed by atoms with Crippen LogP contribution in [0.4, 0.5) is 6.01 Å². The molecule has 0 aliphatic carbocycles. The zero-order chi connectivity index (χ0) is 18.7. The molecule has 7 nitrogen and oxygen atoms in total. The number of carbonyl (C=O) groups excluding carboxylic acids is 1. The third-order valence-corrected chi connectivity index (χ3v) is 5.31. The van der Waals surface area contributed by atoms with Crippen molar-refractivity contribution in [2.75, 3.05) is 11.1 Å². The van der Waals surface area contributed by atoms with E-state index in [0.29, 0.717) is 10.6 Å². The van der Waals surface area contributed by atoms with Crippen molar-refractivity contribution in [1.82, 2.24) is 10.2 Å². The predicted octanol–water partition coefficient (Wildman–Crippen LogP) is 3.11. The van der Waals surface area contributed by atoms with Crippen molar-refractivity contribution in [2.45, 2.75) is 11.8 Å². The molecule has 0 aliphatic heterocycles. The van der Waals surface area contributed by atoms with Crippen LogP contribution in [0.2, 0.25) is 5.02 Å². The number of hydrogen-bond donors (Lipinski definition) is 1. The summed E-state index contributed by atoms with van der Waals surface area (Å²) in [5.41, 5.74) is 1.51. The molecular formula is C17H14ClN3O4S. The summed E-state index contributed by atoms with van der Waals surface area (Å²) in [7, 11) is -3.77. The van der Waals surface area contributed by atoms with Gasteiger partial charge in [-0.15, -0.1) is 5.10 Å². The highest BCUT2D eigenvalue weighted by Gasteiger charge is 2.21. The van der Waals surface area contributed by atoms with Crippen LogP contribution in [0.25, 0.3) is 11.5 Å². The summed E-state index contributed by atoms with van der Waals surface area (Å²) in [4.78, 5) is 12.1. The van der Waals surface area contributed by atoms with E-state index in [1.54, 1.807) is 36.4 Å². The summed E-state index contributed by atoms with van der Waals surface area (Å²) in [5.74, 6) is -1.35. The van der Waals surface area contributed by atoms with Gasteiger partial charge in [0.1, 0.15) is 5.75 Å². The molecule has 1 heterocycles. The second kappa shape index (κ2) is 7.27. The first-order chi connectivity index (χ1) is 12.3. The van der Waals surface area contributed by atoms with E-state index in [-0.39, 0.29) is 16.8 Å². The maximum absolute atomic E-state index is 12.3. The van der Waals surface area contributed by atoms with Gasteiger partial charge in [0, 0.05) is 10.6 Å². The summed E-state index contributed by atoms with van der Waals surface area (Å²) in [6.45, 7) is 1.84. The first-order valence-corrected chi connectivity index (χ1v) is 9.55. The number of nitrogens with zero attached hydrogens (tertiary/aromatic N) is 2. The highest BCUT2D eigenvalue weighted by Crippen LogP contribution is 2.23. The molecule has 0 fully saturated rings. The quantitative estimate of drug-likeness (QED) is 0.716. The molecule has 0 spiro atoms. The Bertz CT molecular complexity index is 1050. The summed E-state index contributed by atoms with van der Waals surface area (Å²) >= 11 is 5.90. The summed E-state index contributed by atoms with van der Waals surface area (Å²) in [5, 5.41) is 10.3. The molecule has 1 N–H and O–H groups in total. The van der Waals surface area contributed by atoms with Crippen LogP contribution in [-0.2, 0) is 14.6 Å². The van der Waals surface area contributed by atoms with Crippen LogP contribution in [0.15, 0.2) is 57.8 Å². The van der Waals surface area contributed by atoms with Gasteiger partial charge >= 0.3 is 6.01 Å². The van der Waals surface area contributed by atoms with Crippen LogP contribution >= 0.6 is 11.6 Å². The van der Waals surface area contributed by atoms with Crippen LogP contribution in [0.5, 0.6) is 0 Å². The van der Waals surface area contributed by atoms with Gasteiger partial charge in [0.15, 0.2) is 9.84 Å². The van der Waals surface area contributed by atoms with E-state index >= 15 is 0 Å². The predicted molar refractivity (Wildman–Crippen MR) is 96.6 cm³/mol. The Labute approximate surface area is 154 Å². The fourth-order valence-corrected chi connectivity index (χ4v) is 3.49. The number of hydrogen-bond acceptors (Lipinski definition) is 6. The van der Waals surface area contributed by atoms with Gasteiger partial charge in [-0.1, -0.05) is 40.5 Å². The van der Waals surface area contributed by atoms with Crippen molar-refractivity contribution in [3.63, 3.8) is 0 Å². The van der Waals surface area contributed by atoms with Gasteiger partial charge in [-0.05, 0) is 37.3 Å². The largest absolute Gasteiger partial charge is 0.403 e. The van der Waals surface area contributed by atoms with E-state index in [2.05, 4.69) is 15.5 Å². The van der Waals surface area contributed by atoms with Gasteiger partial charge < -0.3 is 4.42 Å². The Morgan fingerprint density at radius 2 is 1.88 bits per heavy atom. The number of benzene rings is 2. The number of aryl methyl sites for hydroxylation is 1. The molecule has 0 aliphatic rings. The summed E-state index contributed by atoms with van der Waals surface area (Å²) < 4.78 is 29.9. The number of nitrogens with one attached hydrogen (secondary N) is 1. The highest BCUT2D eigenvalue weighted by atomic mass is 35.5. The molecule has 0 unspecified atom stereocenters. The Morgan fingerprint density at radius 3 is 2.58 bits per heavy atom. The van der Waals surface area contributed by atoms with Crippen molar-refractivity contribution in [1.29, 1.82) is 0 Å². The van der Waals surface area contributed by atoms with Crippen molar-refractivity contribution < 1.29 is 17.6 Å². The lowest BCUT2D eigenvalue weighted by Crippen LogP contribution is -2.23. The molecule has 0 saturated carbocycles. The third-order valence-electron chi connectivity index (χ3n) is 3.44. The van der Waals surface area contributed by atoms with Gasteiger partial charge in [0.2, 0.25) is 11.8 Å². The summed E-state index contributed by atoms with van der Waals surface area (Å²) in [6.07, 6.45) is 0. The van der Waals surface area contributed by atoms with E-state index in [1.807, 2.05) is 6.92 Å². The van der Waals surface area contributed by atoms with Gasteiger partial charge in [0.25, 0.3) is 0 Å². The Hall–Kier alpha value is -2.71. The Kier molecular flexibility index (Phi) is 5.06. The van der Waals surface area contributed by atoms with E-state index in [1.165, 1.54) is 12.1 Å². The molecule has 0 atom stereocenters. The highest BCUT2D eigenvalue weighted by molar-refractivity contribution is 7.92. The van der Waals surface area contributed by atoms with Crippen LogP contribution in [0, 0.1) is 6.92 Å². The van der Waals surface area contributed by atoms with E-state index in [0.717, 1.165) is 5.56 Å². The smallest absolute Gasteiger partial charge is 0.322 e. The lowest BCUT2D eigenvalue weighted by atomic mass is 10.2. The topological polar surface area (TPSA) is 102 Å². The molecule has 0 bridgehead atoms. The Balaban J connectivity index is 1.70. The van der Waals surface area contributed by atoms with Gasteiger partial charge in [0.05, 0.1) is 4.90 Å². The van der Waals surface area contributed by atoms with Crippen LogP contribution < -0.4 is 5.32 Å². The molecule has 26 heavy (non-hydrogen) atoms. The molecule has 3 rings (SSSR count). The van der Waals surface area contributed by atoms with Crippen molar-refractivity contribution in [3.05, 3.63) is 59.1 Å². The van der Waals surface area contributed by atoms with Gasteiger partial charge in [-0.2, -0.15) is 0 Å². The van der Waals surface area contributed by atoms with Crippen molar-refractivity contribution in [3.8, 4) is 11.5 Å². The number of anilines is 1. The van der Waals surface area contributed by atoms with Crippen LogP contribution in [0.1, 0.15) is 5.56 Å². The molecule has 3 aromatic rings. The van der Waals surface area contributed by atoms with Gasteiger partial charge in [-0.3, -0.25) is 10.1 Å². The molecule has 1 amide bonds. The van der Waals surface area contributed by atoms with Crippen LogP contribution in [-0.4, -0.2) is 30.3 Å². The number of aromatic nitrogens is 2. The van der Waals surface area contributed by atoms with E-state index in [4.69, 9.17) is 16.0 Å². The zero-order valence-electron chi connectivity index (χ0n) is 13.6. The van der Waals surface area contributed by atoms with Crippen molar-refractivity contribution >= 4 is 33.4 Å². The average Bonchev–Trinajstić information content (AvgIpc) is 3.03. The molecule has 9 heteroatoms. The first kappa shape index (κ1) is 18.1. The van der Waals surface area contributed by atoms with E-state index in [9.17, 15) is 13.2 Å². The minimum atomic E-state index is -3.77. The number of sulfone groups is 1. The van der Waals surface area contributed by atoms with Gasteiger partial charge in [-0.25, -0.2) is 8.42 Å². The zero-order valence-corrected chi connectivity index (χ0v) is 15.2. The molecule has 0 radical (unpaired) electrons. The monoisotopic (exact) mass is 391 g/mol. The average molecular weight is 392 g/mol. The van der Waals surface area contributed by atoms with Crippen LogP contribution in [0.3, 0.4) is 0 Å². The summed E-state index contributed by atoms with van der Waals surface area (Å²) in [6, 6.07) is 12.8. The van der Waals surface area contributed by atoms with Crippen molar-refractivity contribution in [2.24, 2.45) is 0 Å². The minimum absolute atomic E-state index is 0.0726. The second-order valence-corrected chi connectivity index (χ2v) is 7.97. The SMILES string of the molecule is Cc1ccc(S(=O)(=O)CC(=O)Nc2nnc(-c3cccc(Cl)c3)o2)cc1. The fourth-order valence-electron chi connectivity index (χ4n) is 2.17. The normalized spacial score (nSPS) is 11.3. The molecule has 0 saturated heterocycles. The molecule has 134 valence electrons. The Morgan fingerprint density at radius 1 is 1.15 bits per heavy atom. The minimum Gasteiger partial charge on any atom is -0.403 e. The lowest BCUT2D eigenvalue weighted by Gasteiger charge is -2.04. The first-order valence-electron chi connectivity index (χ1n) is 7.52. The molecule has 2 aromatic carbocycles. The number of amides is 1. The molecule has 1 aromatic heterocycles. The number of carbonyl (C=O) groups is 1. The number of halogens is 1. The lowest BCUT2D eigenvalue weighted by molar-refractivity contribution is -0.114. The maximum atomic E-state index is 12.3. The maximum Gasteiger partial charge on any atom is 0.322 e. The van der Waals surface area contributed by atoms with E-state index < -0.39 is 21.5 Å². The standard InChI is InChI=1S/C17H14ClN3O4S/c1-11-5-7-14(8-6-11)26(23,24)10-15(22)19-17-21-20-16(25-17)12-3-2-4-13(18)9-12/h2-9H,10H2,1H3,(H,19,21,22). The fraction of sp³-hybridized carbons (Fsp3) is 0.118. The molecular weight excluding hydrogens is 378 g/mol. The third kappa shape index (κ3) is 4.27. The second-order valence-electron chi connectivity index (χ2n) is 5.54. The number of rotatable bonds is 5.